The number of hydrogen-bond donors (Lipinski definition) is 2. The molecule has 1 aromatic carbocycles. The number of Topliss-reactive ketones (excluding diaryl/α,β-unsaturated/α-hetero) is 1. The van der Waals surface area contributed by atoms with Gasteiger partial charge in [0, 0.05) is 22.6 Å². The molecule has 4 amide bonds. The Kier molecular flexibility index (Phi) is 5.35. The first-order valence-corrected chi connectivity index (χ1v) is 11.4. The molecule has 5 rings (SSSR count). The standard InChI is InChI=1S/C26H24N2O8/c1-10-6-16(29)21-15(22(10)30)9-14-12(4-5-13-20(14)25(33)28(24(13)32)26(27)34)19(21)11-7-17(35-2)23(31)18(8-11)36-3/h4,6-8,13-14,19-20,31H,5,9H2,1-3H3,(H2,27,34). The van der Waals surface area contributed by atoms with E-state index in [-0.39, 0.29) is 58.4 Å². The monoisotopic (exact) mass is 492 g/mol. The third kappa shape index (κ3) is 3.13. The van der Waals surface area contributed by atoms with Crippen LogP contribution in [0.1, 0.15) is 31.2 Å². The molecule has 0 bridgehead atoms. The van der Waals surface area contributed by atoms with Crippen molar-refractivity contribution < 1.29 is 38.6 Å². The number of primary amides is 1. The van der Waals surface area contributed by atoms with Crippen molar-refractivity contribution in [3.8, 4) is 17.2 Å². The molecule has 0 radical (unpaired) electrons. The Bertz CT molecular complexity index is 1340. The van der Waals surface area contributed by atoms with Crippen LogP contribution in [0.15, 0.2) is 46.6 Å². The largest absolute Gasteiger partial charge is 0.502 e. The number of nitrogens with two attached hydrogens (primary N) is 1. The van der Waals surface area contributed by atoms with Gasteiger partial charge in [0.05, 0.1) is 26.1 Å². The van der Waals surface area contributed by atoms with Gasteiger partial charge in [-0.1, -0.05) is 11.6 Å². The molecule has 1 saturated heterocycles. The Morgan fingerprint density at radius 1 is 1.06 bits per heavy atom. The number of amides is 4. The fraction of sp³-hybridized carbons (Fsp3) is 0.346. The van der Waals surface area contributed by atoms with E-state index in [0.29, 0.717) is 16.0 Å². The average molecular weight is 492 g/mol. The molecule has 4 aliphatic rings. The van der Waals surface area contributed by atoms with Gasteiger partial charge in [-0.25, -0.2) is 4.79 Å². The van der Waals surface area contributed by atoms with Crippen molar-refractivity contribution in [2.75, 3.05) is 14.2 Å². The number of aromatic hydroxyl groups is 1. The van der Waals surface area contributed by atoms with Crippen molar-refractivity contribution in [3.05, 3.63) is 52.1 Å². The second kappa shape index (κ2) is 8.18. The van der Waals surface area contributed by atoms with Gasteiger partial charge in [0.1, 0.15) is 0 Å². The minimum atomic E-state index is -1.14. The van der Waals surface area contributed by atoms with Gasteiger partial charge < -0.3 is 20.3 Å². The minimum absolute atomic E-state index is 0.0760. The molecule has 1 aromatic rings. The van der Waals surface area contributed by atoms with E-state index in [9.17, 15) is 29.1 Å². The highest BCUT2D eigenvalue weighted by molar-refractivity contribution is 6.24. The van der Waals surface area contributed by atoms with Crippen LogP contribution in [-0.2, 0) is 19.2 Å². The molecule has 186 valence electrons. The summed E-state index contributed by atoms with van der Waals surface area (Å²) in [5, 5.41) is 10.4. The summed E-state index contributed by atoms with van der Waals surface area (Å²) >= 11 is 0. The van der Waals surface area contributed by atoms with Crippen LogP contribution in [0.25, 0.3) is 0 Å². The number of hydrogen-bond acceptors (Lipinski definition) is 8. The molecule has 1 heterocycles. The molecule has 0 aromatic heterocycles. The quantitative estimate of drug-likeness (QED) is 0.369. The summed E-state index contributed by atoms with van der Waals surface area (Å²) in [6, 6.07) is 1.98. The van der Waals surface area contributed by atoms with Crippen LogP contribution in [-0.4, -0.2) is 53.6 Å². The number of methoxy groups -OCH3 is 2. The van der Waals surface area contributed by atoms with Crippen LogP contribution in [0.5, 0.6) is 17.2 Å². The topological polar surface area (TPSA) is 153 Å². The summed E-state index contributed by atoms with van der Waals surface area (Å²) in [6.07, 6.45) is 3.36. The van der Waals surface area contributed by atoms with E-state index in [0.717, 1.165) is 0 Å². The number of phenols is 1. The van der Waals surface area contributed by atoms with Crippen LogP contribution in [0, 0.1) is 17.8 Å². The van der Waals surface area contributed by atoms with E-state index in [2.05, 4.69) is 0 Å². The summed E-state index contributed by atoms with van der Waals surface area (Å²) in [7, 11) is 2.75. The zero-order valence-corrected chi connectivity index (χ0v) is 19.9. The third-order valence-electron chi connectivity index (χ3n) is 7.62. The van der Waals surface area contributed by atoms with E-state index in [4.69, 9.17) is 15.2 Å². The first-order valence-electron chi connectivity index (χ1n) is 11.4. The Morgan fingerprint density at radius 3 is 2.28 bits per heavy atom. The molecule has 4 atom stereocenters. The van der Waals surface area contributed by atoms with Gasteiger partial charge in [-0.05, 0) is 49.5 Å². The van der Waals surface area contributed by atoms with Crippen molar-refractivity contribution in [2.45, 2.75) is 25.7 Å². The number of likely N-dealkylation sites (tertiary alicyclic amines) is 1. The van der Waals surface area contributed by atoms with Crippen LogP contribution >= 0.6 is 0 Å². The Labute approximate surface area is 206 Å². The van der Waals surface area contributed by atoms with Crippen LogP contribution in [0.2, 0.25) is 0 Å². The van der Waals surface area contributed by atoms with Crippen molar-refractivity contribution in [2.24, 2.45) is 23.5 Å². The number of nitrogens with zero attached hydrogens (tertiary/aromatic N) is 1. The zero-order chi connectivity index (χ0) is 26.0. The summed E-state index contributed by atoms with van der Waals surface area (Å²) in [5.41, 5.74) is 7.36. The number of ether oxygens (including phenoxy) is 2. The SMILES string of the molecule is COc1cc(C2C3=CCC4C(=O)N(C(N)=O)C(=O)C4C3CC3=C2C(=O)C=C(C)C3=O)cc(OC)c1O. The molecule has 1 aliphatic heterocycles. The zero-order valence-electron chi connectivity index (χ0n) is 19.9. The van der Waals surface area contributed by atoms with E-state index in [1.54, 1.807) is 19.1 Å². The Morgan fingerprint density at radius 2 is 1.69 bits per heavy atom. The van der Waals surface area contributed by atoms with Gasteiger partial charge in [-0.2, -0.15) is 4.90 Å². The number of fused-ring (bicyclic) bond motifs is 3. The van der Waals surface area contributed by atoms with Crippen molar-refractivity contribution in [1.82, 2.24) is 4.90 Å². The molecular weight excluding hydrogens is 468 g/mol. The molecular formula is C26H24N2O8. The highest BCUT2D eigenvalue weighted by Crippen LogP contribution is 2.56. The number of benzene rings is 1. The van der Waals surface area contributed by atoms with Gasteiger partial charge in [0.15, 0.2) is 23.1 Å². The highest BCUT2D eigenvalue weighted by Gasteiger charge is 2.57. The molecule has 10 nitrogen and oxygen atoms in total. The van der Waals surface area contributed by atoms with Gasteiger partial charge in [-0.3, -0.25) is 19.2 Å². The van der Waals surface area contributed by atoms with E-state index < -0.39 is 41.5 Å². The second-order valence-corrected chi connectivity index (χ2v) is 9.35. The first kappa shape index (κ1) is 23.5. The van der Waals surface area contributed by atoms with Crippen LogP contribution < -0.4 is 15.2 Å². The normalized spacial score (nSPS) is 27.2. The number of ketones is 2. The Balaban J connectivity index is 1.73. The fourth-order valence-corrected chi connectivity index (χ4v) is 6.06. The van der Waals surface area contributed by atoms with E-state index in [1.807, 2.05) is 6.08 Å². The predicted octanol–water partition coefficient (Wildman–Crippen LogP) is 1.92. The number of allylic oxidation sites excluding steroid dienone is 6. The third-order valence-corrected chi connectivity index (χ3v) is 7.62. The van der Waals surface area contributed by atoms with Crippen molar-refractivity contribution in [3.63, 3.8) is 0 Å². The highest BCUT2D eigenvalue weighted by atomic mass is 16.5. The summed E-state index contributed by atoms with van der Waals surface area (Å²) < 4.78 is 10.6. The van der Waals surface area contributed by atoms with Crippen molar-refractivity contribution in [1.29, 1.82) is 0 Å². The maximum Gasteiger partial charge on any atom is 0.328 e. The molecule has 36 heavy (non-hydrogen) atoms. The lowest BCUT2D eigenvalue weighted by molar-refractivity contribution is -0.136. The van der Waals surface area contributed by atoms with Gasteiger partial charge in [0.25, 0.3) is 0 Å². The number of rotatable bonds is 3. The summed E-state index contributed by atoms with van der Waals surface area (Å²) in [6.45, 7) is 1.56. The number of phenolic OH excluding ortho intramolecular Hbond substituents is 1. The number of carbonyl (C=O) groups excluding carboxylic acids is 5. The van der Waals surface area contributed by atoms with E-state index in [1.165, 1.54) is 20.3 Å². The molecule has 1 fully saturated rings. The summed E-state index contributed by atoms with van der Waals surface area (Å²) in [4.78, 5) is 65.0. The van der Waals surface area contributed by atoms with Gasteiger partial charge >= 0.3 is 6.03 Å². The molecule has 4 unspecified atom stereocenters. The van der Waals surface area contributed by atoms with Crippen molar-refractivity contribution >= 4 is 29.4 Å². The molecule has 10 heteroatoms. The van der Waals surface area contributed by atoms with Gasteiger partial charge in [0.2, 0.25) is 17.6 Å². The van der Waals surface area contributed by atoms with E-state index >= 15 is 0 Å². The lowest BCUT2D eigenvalue weighted by Gasteiger charge is -2.42. The lowest BCUT2D eigenvalue weighted by atomic mass is 9.59. The molecule has 0 spiro atoms. The molecule has 3 N–H and O–H groups in total. The predicted molar refractivity (Wildman–Crippen MR) is 124 cm³/mol. The maximum atomic E-state index is 13.3. The fourth-order valence-electron chi connectivity index (χ4n) is 6.06. The molecule has 0 saturated carbocycles. The first-order chi connectivity index (χ1) is 17.1. The Hall–Kier alpha value is -4.21. The average Bonchev–Trinajstić information content (AvgIpc) is 3.11. The second-order valence-electron chi connectivity index (χ2n) is 9.35. The van der Waals surface area contributed by atoms with Gasteiger partial charge in [-0.15, -0.1) is 0 Å². The maximum absolute atomic E-state index is 13.3. The molecule has 3 aliphatic carbocycles. The number of urea groups is 1. The van der Waals surface area contributed by atoms with Crippen LogP contribution in [0.3, 0.4) is 0 Å². The number of carbonyl (C=O) groups is 5. The van der Waals surface area contributed by atoms with Crippen LogP contribution in [0.4, 0.5) is 4.79 Å². The number of imide groups is 3. The lowest BCUT2D eigenvalue weighted by Crippen LogP contribution is -2.42. The summed E-state index contributed by atoms with van der Waals surface area (Å²) in [5.74, 6) is -5.03. The smallest absolute Gasteiger partial charge is 0.328 e. The minimum Gasteiger partial charge on any atom is -0.502 e.